The quantitative estimate of drug-likeness (QED) is 0.426. The van der Waals surface area contributed by atoms with E-state index in [0.29, 0.717) is 16.4 Å². The molecule has 0 aromatic heterocycles. The van der Waals surface area contributed by atoms with Gasteiger partial charge < -0.3 is 5.32 Å². The Morgan fingerprint density at radius 3 is 2.48 bits per heavy atom. The Labute approximate surface area is 164 Å². The molecule has 0 fully saturated rings. The van der Waals surface area contributed by atoms with Crippen LogP contribution in [-0.2, 0) is 4.79 Å². The Balaban J connectivity index is 1.95. The molecule has 0 atom stereocenters. The van der Waals surface area contributed by atoms with Gasteiger partial charge in [-0.1, -0.05) is 35.3 Å². The molecule has 2 amide bonds. The number of rotatable bonds is 6. The third kappa shape index (κ3) is 5.77. The van der Waals surface area contributed by atoms with Crippen LogP contribution in [-0.4, -0.2) is 22.4 Å². The van der Waals surface area contributed by atoms with Crippen molar-refractivity contribution in [3.63, 3.8) is 0 Å². The molecule has 0 saturated carbocycles. The Morgan fingerprint density at radius 1 is 1.15 bits per heavy atom. The highest BCUT2D eigenvalue weighted by molar-refractivity contribution is 6.34. The summed E-state index contributed by atoms with van der Waals surface area (Å²) >= 11 is 11.7. The Kier molecular flexibility index (Phi) is 6.86. The van der Waals surface area contributed by atoms with Crippen molar-refractivity contribution in [2.75, 3.05) is 5.32 Å². The van der Waals surface area contributed by atoms with E-state index in [4.69, 9.17) is 23.2 Å². The molecule has 0 aliphatic carbocycles. The van der Waals surface area contributed by atoms with Crippen LogP contribution >= 0.6 is 23.2 Å². The van der Waals surface area contributed by atoms with E-state index >= 15 is 0 Å². The number of carbonyl (C=O) groups is 2. The number of para-hydroxylation sites is 1. The molecule has 140 valence electrons. The van der Waals surface area contributed by atoms with E-state index in [0.717, 1.165) is 6.07 Å². The number of nitrogens with zero attached hydrogens (tertiary/aromatic N) is 2. The summed E-state index contributed by atoms with van der Waals surface area (Å²) in [6, 6.07) is 10.3. The molecule has 27 heavy (non-hydrogen) atoms. The summed E-state index contributed by atoms with van der Waals surface area (Å²) in [6.45, 7) is 1.56. The number of hydrazone groups is 1. The fourth-order valence-electron chi connectivity index (χ4n) is 2.04. The van der Waals surface area contributed by atoms with E-state index in [2.05, 4.69) is 15.8 Å². The molecule has 0 bridgehead atoms. The molecular weight excluding hydrogens is 395 g/mol. The van der Waals surface area contributed by atoms with E-state index in [1.807, 2.05) is 0 Å². The van der Waals surface area contributed by atoms with Crippen LogP contribution < -0.4 is 10.7 Å². The van der Waals surface area contributed by atoms with Crippen molar-refractivity contribution in [2.45, 2.75) is 13.3 Å². The van der Waals surface area contributed by atoms with Crippen LogP contribution in [0.25, 0.3) is 0 Å². The maximum absolute atomic E-state index is 12.0. The highest BCUT2D eigenvalue weighted by atomic mass is 35.5. The Morgan fingerprint density at radius 2 is 1.85 bits per heavy atom. The minimum absolute atomic E-state index is 0.0630. The van der Waals surface area contributed by atoms with Crippen molar-refractivity contribution in [3.05, 3.63) is 68.2 Å². The molecule has 2 aromatic rings. The minimum atomic E-state index is -0.649. The van der Waals surface area contributed by atoms with Crippen molar-refractivity contribution >= 4 is 52.1 Å². The standard InChI is InChI=1S/C17H14Cl2N4O4/c1-10(8-16(24)20-14-5-3-2-4-12(14)18)21-22-17(25)11-6-7-15(23(26)27)13(19)9-11/h2-7,9H,8H2,1H3,(H,20,24)(H,22,25)/b21-10-. The third-order valence-electron chi connectivity index (χ3n) is 3.32. The molecule has 2 rings (SSSR count). The molecule has 8 nitrogen and oxygen atoms in total. The number of carbonyl (C=O) groups excluding carboxylic acids is 2. The van der Waals surface area contributed by atoms with Gasteiger partial charge in [0.15, 0.2) is 0 Å². The fourth-order valence-corrected chi connectivity index (χ4v) is 2.47. The summed E-state index contributed by atoms with van der Waals surface area (Å²) < 4.78 is 0. The van der Waals surface area contributed by atoms with Crippen LogP contribution in [0.1, 0.15) is 23.7 Å². The summed E-state index contributed by atoms with van der Waals surface area (Å²) in [5.74, 6) is -0.963. The highest BCUT2D eigenvalue weighted by Gasteiger charge is 2.15. The zero-order chi connectivity index (χ0) is 20.0. The Bertz CT molecular complexity index is 931. The summed E-state index contributed by atoms with van der Waals surface area (Å²) in [6.07, 6.45) is -0.0630. The lowest BCUT2D eigenvalue weighted by atomic mass is 10.2. The number of hydrogen-bond donors (Lipinski definition) is 2. The van der Waals surface area contributed by atoms with Crippen LogP contribution in [0.4, 0.5) is 11.4 Å². The number of amides is 2. The molecular formula is C17H14Cl2N4O4. The number of nitrogens with one attached hydrogen (secondary N) is 2. The number of hydrogen-bond acceptors (Lipinski definition) is 5. The molecule has 2 N–H and O–H groups in total. The SMILES string of the molecule is C/C(CC(=O)Nc1ccccc1Cl)=N/NC(=O)c1ccc([N+](=O)[O-])c(Cl)c1. The summed E-state index contributed by atoms with van der Waals surface area (Å²) in [5, 5.41) is 17.4. The first-order valence-corrected chi connectivity index (χ1v) is 8.35. The van der Waals surface area contributed by atoms with Crippen molar-refractivity contribution in [1.82, 2.24) is 5.43 Å². The third-order valence-corrected chi connectivity index (χ3v) is 3.95. The smallest absolute Gasteiger partial charge is 0.287 e. The topological polar surface area (TPSA) is 114 Å². The maximum atomic E-state index is 12.0. The zero-order valence-electron chi connectivity index (χ0n) is 14.0. The van der Waals surface area contributed by atoms with Gasteiger partial charge in [0, 0.05) is 17.3 Å². The number of nitro benzene ring substituents is 1. The van der Waals surface area contributed by atoms with Crippen LogP contribution in [0.2, 0.25) is 10.0 Å². The highest BCUT2D eigenvalue weighted by Crippen LogP contribution is 2.25. The van der Waals surface area contributed by atoms with Crippen LogP contribution in [0.5, 0.6) is 0 Å². The minimum Gasteiger partial charge on any atom is -0.324 e. The lowest BCUT2D eigenvalue weighted by Gasteiger charge is -2.07. The van der Waals surface area contributed by atoms with E-state index < -0.39 is 10.8 Å². The van der Waals surface area contributed by atoms with E-state index in [1.54, 1.807) is 31.2 Å². The van der Waals surface area contributed by atoms with Crippen LogP contribution in [0, 0.1) is 10.1 Å². The van der Waals surface area contributed by atoms with Gasteiger partial charge in [0.1, 0.15) is 5.02 Å². The van der Waals surface area contributed by atoms with Gasteiger partial charge in [-0.15, -0.1) is 0 Å². The van der Waals surface area contributed by atoms with E-state index in [-0.39, 0.29) is 28.6 Å². The first-order chi connectivity index (χ1) is 12.8. The normalized spacial score (nSPS) is 11.0. The summed E-state index contributed by atoms with van der Waals surface area (Å²) in [4.78, 5) is 34.1. The average molecular weight is 409 g/mol. The van der Waals surface area contributed by atoms with Gasteiger partial charge >= 0.3 is 0 Å². The van der Waals surface area contributed by atoms with Crippen molar-refractivity contribution in [1.29, 1.82) is 0 Å². The lowest BCUT2D eigenvalue weighted by molar-refractivity contribution is -0.384. The second-order valence-electron chi connectivity index (χ2n) is 5.42. The van der Waals surface area contributed by atoms with Gasteiger partial charge in [0.05, 0.1) is 22.1 Å². The predicted octanol–water partition coefficient (Wildman–Crippen LogP) is 4.04. The second kappa shape index (κ2) is 9.11. The van der Waals surface area contributed by atoms with Gasteiger partial charge in [0.25, 0.3) is 11.6 Å². The van der Waals surface area contributed by atoms with Crippen molar-refractivity contribution in [3.8, 4) is 0 Å². The molecule has 10 heteroatoms. The molecule has 2 aromatic carbocycles. The van der Waals surface area contributed by atoms with E-state index in [1.165, 1.54) is 12.1 Å². The van der Waals surface area contributed by atoms with Gasteiger partial charge in [-0.3, -0.25) is 19.7 Å². The van der Waals surface area contributed by atoms with Gasteiger partial charge in [-0.2, -0.15) is 5.10 Å². The van der Waals surface area contributed by atoms with Crippen LogP contribution in [0.3, 0.4) is 0 Å². The van der Waals surface area contributed by atoms with Gasteiger partial charge in [-0.25, -0.2) is 5.43 Å². The molecule has 0 aliphatic rings. The first kappa shape index (κ1) is 20.3. The molecule has 0 radical (unpaired) electrons. The monoisotopic (exact) mass is 408 g/mol. The Hall–Kier alpha value is -2.97. The molecule has 0 heterocycles. The fraction of sp³-hybridized carbons (Fsp3) is 0.118. The van der Waals surface area contributed by atoms with Crippen molar-refractivity contribution < 1.29 is 14.5 Å². The summed E-state index contributed by atoms with van der Waals surface area (Å²) in [5.41, 5.74) is 2.89. The van der Waals surface area contributed by atoms with E-state index in [9.17, 15) is 19.7 Å². The number of halogens is 2. The zero-order valence-corrected chi connectivity index (χ0v) is 15.5. The summed E-state index contributed by atoms with van der Waals surface area (Å²) in [7, 11) is 0. The van der Waals surface area contributed by atoms with Crippen molar-refractivity contribution in [2.24, 2.45) is 5.10 Å². The average Bonchev–Trinajstić information content (AvgIpc) is 2.61. The van der Waals surface area contributed by atoms with Gasteiger partial charge in [0.2, 0.25) is 5.91 Å². The molecule has 0 aliphatic heterocycles. The first-order valence-electron chi connectivity index (χ1n) is 7.59. The molecule has 0 unspecified atom stereocenters. The number of nitro groups is 1. The second-order valence-corrected chi connectivity index (χ2v) is 6.23. The maximum Gasteiger partial charge on any atom is 0.287 e. The van der Waals surface area contributed by atoms with Gasteiger partial charge in [-0.05, 0) is 31.2 Å². The number of benzene rings is 2. The molecule has 0 spiro atoms. The lowest BCUT2D eigenvalue weighted by Crippen LogP contribution is -2.21. The predicted molar refractivity (Wildman–Crippen MR) is 103 cm³/mol. The largest absolute Gasteiger partial charge is 0.324 e. The molecule has 0 saturated heterocycles. The number of anilines is 1. The van der Waals surface area contributed by atoms with Crippen LogP contribution in [0.15, 0.2) is 47.6 Å².